The standard InChI is InChI=1S/C9H14N2O.2C2H6/c1-8-6-10-11(7-8)9-2-4-12-5-3-9;2*1-2/h6-7,9H,2-5H2,1H3;2*1-2H3. The van der Waals surface area contributed by atoms with Gasteiger partial charge in [0.05, 0.1) is 12.2 Å². The molecule has 0 saturated carbocycles. The normalized spacial score (nSPS) is 15.6. The first kappa shape index (κ1) is 15.2. The molecular formula is C13H26N2O. The third-order valence-electron chi connectivity index (χ3n) is 2.30. The maximum Gasteiger partial charge on any atom is 0.0563 e. The molecule has 3 heteroatoms. The van der Waals surface area contributed by atoms with Gasteiger partial charge < -0.3 is 4.74 Å². The number of nitrogens with zero attached hydrogens (tertiary/aromatic N) is 2. The van der Waals surface area contributed by atoms with Crippen LogP contribution in [0.4, 0.5) is 0 Å². The van der Waals surface area contributed by atoms with Crippen LogP contribution in [0, 0.1) is 6.92 Å². The Hall–Kier alpha value is -0.830. The Labute approximate surface area is 99.8 Å². The zero-order valence-electron chi connectivity index (χ0n) is 11.4. The van der Waals surface area contributed by atoms with Crippen molar-refractivity contribution in [1.29, 1.82) is 0 Å². The van der Waals surface area contributed by atoms with Gasteiger partial charge in [0.2, 0.25) is 0 Å². The van der Waals surface area contributed by atoms with E-state index in [0.717, 1.165) is 26.1 Å². The Morgan fingerprint density at radius 1 is 1.19 bits per heavy atom. The molecule has 1 aromatic rings. The van der Waals surface area contributed by atoms with Gasteiger partial charge in [-0.1, -0.05) is 27.7 Å². The number of ether oxygens (including phenoxy) is 1. The fourth-order valence-corrected chi connectivity index (χ4v) is 1.58. The molecule has 1 aromatic heterocycles. The van der Waals surface area contributed by atoms with Crippen molar-refractivity contribution in [3.8, 4) is 0 Å². The van der Waals surface area contributed by atoms with Gasteiger partial charge in [-0.15, -0.1) is 0 Å². The van der Waals surface area contributed by atoms with Crippen LogP contribution in [0.25, 0.3) is 0 Å². The second-order valence-corrected chi connectivity index (χ2v) is 3.34. The monoisotopic (exact) mass is 226 g/mol. The lowest BCUT2D eigenvalue weighted by molar-refractivity contribution is 0.0662. The van der Waals surface area contributed by atoms with E-state index in [2.05, 4.69) is 22.9 Å². The molecule has 3 nitrogen and oxygen atoms in total. The minimum Gasteiger partial charge on any atom is -0.381 e. The van der Waals surface area contributed by atoms with Gasteiger partial charge in [0, 0.05) is 19.4 Å². The molecule has 0 spiro atoms. The number of hydrogen-bond acceptors (Lipinski definition) is 2. The average molecular weight is 226 g/mol. The van der Waals surface area contributed by atoms with E-state index in [1.165, 1.54) is 5.56 Å². The predicted molar refractivity (Wildman–Crippen MR) is 68.8 cm³/mol. The zero-order chi connectivity index (χ0) is 12.4. The summed E-state index contributed by atoms with van der Waals surface area (Å²) in [6, 6.07) is 0.562. The summed E-state index contributed by atoms with van der Waals surface area (Å²) < 4.78 is 7.35. The lowest BCUT2D eigenvalue weighted by Crippen LogP contribution is -2.19. The average Bonchev–Trinajstić information content (AvgIpc) is 2.82. The van der Waals surface area contributed by atoms with E-state index in [4.69, 9.17) is 4.74 Å². The summed E-state index contributed by atoms with van der Waals surface area (Å²) in [7, 11) is 0. The fraction of sp³-hybridized carbons (Fsp3) is 0.769. The highest BCUT2D eigenvalue weighted by atomic mass is 16.5. The Bertz CT molecular complexity index is 252. The quantitative estimate of drug-likeness (QED) is 0.731. The number of rotatable bonds is 1. The lowest BCUT2D eigenvalue weighted by Gasteiger charge is -2.22. The van der Waals surface area contributed by atoms with Crippen molar-refractivity contribution < 1.29 is 4.74 Å². The van der Waals surface area contributed by atoms with Crippen LogP contribution in [-0.4, -0.2) is 23.0 Å². The van der Waals surface area contributed by atoms with E-state index in [-0.39, 0.29) is 0 Å². The van der Waals surface area contributed by atoms with E-state index < -0.39 is 0 Å². The van der Waals surface area contributed by atoms with Crippen LogP contribution in [0.15, 0.2) is 12.4 Å². The van der Waals surface area contributed by atoms with Crippen molar-refractivity contribution in [3.05, 3.63) is 18.0 Å². The van der Waals surface area contributed by atoms with Gasteiger partial charge in [-0.25, -0.2) is 0 Å². The van der Waals surface area contributed by atoms with Crippen molar-refractivity contribution in [1.82, 2.24) is 9.78 Å². The summed E-state index contributed by atoms with van der Waals surface area (Å²) in [5.41, 5.74) is 1.24. The van der Waals surface area contributed by atoms with Gasteiger partial charge in [-0.05, 0) is 25.3 Å². The Morgan fingerprint density at radius 2 is 1.75 bits per heavy atom. The van der Waals surface area contributed by atoms with Crippen LogP contribution < -0.4 is 0 Å². The Morgan fingerprint density at radius 3 is 2.19 bits per heavy atom. The van der Waals surface area contributed by atoms with Crippen LogP contribution in [0.5, 0.6) is 0 Å². The van der Waals surface area contributed by atoms with Gasteiger partial charge in [-0.3, -0.25) is 4.68 Å². The molecule has 0 N–H and O–H groups in total. The van der Waals surface area contributed by atoms with Crippen molar-refractivity contribution in [2.75, 3.05) is 13.2 Å². The first-order valence-corrected chi connectivity index (χ1v) is 6.45. The second kappa shape index (κ2) is 9.40. The molecule has 16 heavy (non-hydrogen) atoms. The van der Waals surface area contributed by atoms with Crippen molar-refractivity contribution in [2.45, 2.75) is 53.5 Å². The van der Waals surface area contributed by atoms with E-state index >= 15 is 0 Å². The number of aromatic nitrogens is 2. The molecule has 0 bridgehead atoms. The highest BCUT2D eigenvalue weighted by Crippen LogP contribution is 2.19. The Kier molecular flexibility index (Phi) is 8.91. The smallest absolute Gasteiger partial charge is 0.0563 e. The first-order valence-electron chi connectivity index (χ1n) is 6.45. The van der Waals surface area contributed by atoms with Crippen molar-refractivity contribution in [3.63, 3.8) is 0 Å². The van der Waals surface area contributed by atoms with Crippen LogP contribution in [0.3, 0.4) is 0 Å². The third kappa shape index (κ3) is 4.79. The molecule has 1 aliphatic rings. The van der Waals surface area contributed by atoms with Gasteiger partial charge in [0.1, 0.15) is 0 Å². The number of hydrogen-bond donors (Lipinski definition) is 0. The van der Waals surface area contributed by atoms with E-state index in [1.807, 2.05) is 33.9 Å². The van der Waals surface area contributed by atoms with Crippen molar-refractivity contribution in [2.24, 2.45) is 0 Å². The molecule has 1 fully saturated rings. The van der Waals surface area contributed by atoms with E-state index in [9.17, 15) is 0 Å². The number of aryl methyl sites for hydroxylation is 1. The second-order valence-electron chi connectivity index (χ2n) is 3.34. The first-order chi connectivity index (χ1) is 7.86. The molecular weight excluding hydrogens is 200 g/mol. The van der Waals surface area contributed by atoms with Crippen LogP contribution in [0.1, 0.15) is 52.1 Å². The minimum absolute atomic E-state index is 0.562. The maximum absolute atomic E-state index is 5.29. The molecule has 0 unspecified atom stereocenters. The molecule has 0 aliphatic carbocycles. The summed E-state index contributed by atoms with van der Waals surface area (Å²) in [6.45, 7) is 11.8. The zero-order valence-corrected chi connectivity index (χ0v) is 11.4. The predicted octanol–water partition coefficient (Wildman–Crippen LogP) is 3.60. The maximum atomic E-state index is 5.29. The Balaban J connectivity index is 0.000000509. The van der Waals surface area contributed by atoms with Gasteiger partial charge in [0.25, 0.3) is 0 Å². The summed E-state index contributed by atoms with van der Waals surface area (Å²) in [6.07, 6.45) is 6.22. The van der Waals surface area contributed by atoms with Crippen LogP contribution in [-0.2, 0) is 4.74 Å². The summed E-state index contributed by atoms with van der Waals surface area (Å²) in [5, 5.41) is 4.30. The molecule has 1 saturated heterocycles. The molecule has 0 radical (unpaired) electrons. The highest BCUT2D eigenvalue weighted by Gasteiger charge is 2.15. The van der Waals surface area contributed by atoms with Gasteiger partial charge in [0.15, 0.2) is 0 Å². The fourth-order valence-electron chi connectivity index (χ4n) is 1.58. The third-order valence-corrected chi connectivity index (χ3v) is 2.30. The summed E-state index contributed by atoms with van der Waals surface area (Å²) in [4.78, 5) is 0. The molecule has 94 valence electrons. The minimum atomic E-state index is 0.562. The van der Waals surface area contributed by atoms with Crippen LogP contribution >= 0.6 is 0 Å². The molecule has 0 amide bonds. The topological polar surface area (TPSA) is 27.1 Å². The molecule has 0 aromatic carbocycles. The molecule has 0 atom stereocenters. The summed E-state index contributed by atoms with van der Waals surface area (Å²) in [5.74, 6) is 0. The molecule has 2 rings (SSSR count). The van der Waals surface area contributed by atoms with Gasteiger partial charge >= 0.3 is 0 Å². The van der Waals surface area contributed by atoms with E-state index in [1.54, 1.807) is 0 Å². The molecule has 1 aliphatic heterocycles. The van der Waals surface area contributed by atoms with Crippen LogP contribution in [0.2, 0.25) is 0 Å². The van der Waals surface area contributed by atoms with Crippen molar-refractivity contribution >= 4 is 0 Å². The van der Waals surface area contributed by atoms with E-state index in [0.29, 0.717) is 6.04 Å². The highest BCUT2D eigenvalue weighted by molar-refractivity contribution is 5.00. The lowest BCUT2D eigenvalue weighted by atomic mass is 10.1. The SMILES string of the molecule is CC.CC.Cc1cnn(C2CCOCC2)c1. The summed E-state index contributed by atoms with van der Waals surface area (Å²) >= 11 is 0. The molecule has 2 heterocycles. The van der Waals surface area contributed by atoms with Gasteiger partial charge in [-0.2, -0.15) is 5.10 Å². The largest absolute Gasteiger partial charge is 0.381 e.